The number of anilines is 2. The van der Waals surface area contributed by atoms with E-state index in [2.05, 4.69) is 30.5 Å². The van der Waals surface area contributed by atoms with Crippen LogP contribution in [0.2, 0.25) is 0 Å². The number of para-hydroxylation sites is 3. The predicted molar refractivity (Wildman–Crippen MR) is 93.2 cm³/mol. The summed E-state index contributed by atoms with van der Waals surface area (Å²) >= 11 is 0. The van der Waals surface area contributed by atoms with Crippen molar-refractivity contribution >= 4 is 28.4 Å². The van der Waals surface area contributed by atoms with Crippen LogP contribution in [0.15, 0.2) is 54.9 Å². The smallest absolute Gasteiger partial charge is 0.271 e. The van der Waals surface area contributed by atoms with Crippen LogP contribution >= 0.6 is 0 Å². The predicted octanol–water partition coefficient (Wildman–Crippen LogP) is 2.26. The SMILES string of the molecule is NC(=O)c1nc2ccccc2nc1Nc1ccccc1-c1nnc[nH]1. The van der Waals surface area contributed by atoms with Crippen molar-refractivity contribution in [3.8, 4) is 11.4 Å². The highest BCUT2D eigenvalue weighted by Gasteiger charge is 2.16. The number of fused-ring (bicyclic) bond motifs is 1. The van der Waals surface area contributed by atoms with Gasteiger partial charge in [0.25, 0.3) is 5.91 Å². The Hall–Kier alpha value is -3.81. The Kier molecular flexibility index (Phi) is 3.55. The molecule has 0 bridgehead atoms. The lowest BCUT2D eigenvalue weighted by Crippen LogP contribution is -2.16. The maximum Gasteiger partial charge on any atom is 0.271 e. The molecular weight excluding hydrogens is 318 g/mol. The van der Waals surface area contributed by atoms with Crippen molar-refractivity contribution in [2.45, 2.75) is 0 Å². The van der Waals surface area contributed by atoms with Crippen molar-refractivity contribution in [2.75, 3.05) is 5.32 Å². The van der Waals surface area contributed by atoms with Crippen molar-refractivity contribution in [2.24, 2.45) is 5.73 Å². The van der Waals surface area contributed by atoms with Gasteiger partial charge in [0, 0.05) is 5.56 Å². The standard InChI is InChI=1S/C17H13N7O/c18-15(25)14-17(23-13-8-4-3-7-12(13)21-14)22-11-6-2-1-5-10(11)16-19-9-20-24-16/h1-9H,(H2,18,25)(H,22,23)(H,19,20,24). The fourth-order valence-corrected chi connectivity index (χ4v) is 2.52. The lowest BCUT2D eigenvalue weighted by Gasteiger charge is -2.12. The number of nitrogens with zero attached hydrogens (tertiary/aromatic N) is 4. The first-order chi connectivity index (χ1) is 12.2. The monoisotopic (exact) mass is 331 g/mol. The van der Waals surface area contributed by atoms with Gasteiger partial charge in [-0.3, -0.25) is 4.79 Å². The Labute approximate surface area is 142 Å². The third-order valence-electron chi connectivity index (χ3n) is 3.66. The van der Waals surface area contributed by atoms with E-state index in [9.17, 15) is 4.79 Å². The van der Waals surface area contributed by atoms with Crippen LogP contribution in [0, 0.1) is 0 Å². The third-order valence-corrected chi connectivity index (χ3v) is 3.66. The highest BCUT2D eigenvalue weighted by molar-refractivity contribution is 5.99. The average molecular weight is 331 g/mol. The number of nitrogens with one attached hydrogen (secondary N) is 2. The average Bonchev–Trinajstić information content (AvgIpc) is 3.16. The van der Waals surface area contributed by atoms with Gasteiger partial charge in [0.1, 0.15) is 6.33 Å². The van der Waals surface area contributed by atoms with E-state index < -0.39 is 5.91 Å². The number of H-pyrrole nitrogens is 1. The normalized spacial score (nSPS) is 10.7. The molecule has 2 heterocycles. The number of hydrogen-bond acceptors (Lipinski definition) is 6. The van der Waals surface area contributed by atoms with E-state index >= 15 is 0 Å². The van der Waals surface area contributed by atoms with Gasteiger partial charge >= 0.3 is 0 Å². The molecule has 0 fully saturated rings. The molecular formula is C17H13N7O. The van der Waals surface area contributed by atoms with Crippen molar-refractivity contribution in [3.63, 3.8) is 0 Å². The van der Waals surface area contributed by atoms with E-state index in [0.717, 1.165) is 5.56 Å². The molecule has 8 heteroatoms. The maximum atomic E-state index is 11.8. The molecule has 25 heavy (non-hydrogen) atoms. The van der Waals surface area contributed by atoms with Crippen molar-refractivity contribution < 1.29 is 4.79 Å². The number of hydrogen-bond donors (Lipinski definition) is 3. The Morgan fingerprint density at radius 1 is 1.00 bits per heavy atom. The number of primary amides is 1. The van der Waals surface area contributed by atoms with E-state index in [1.54, 1.807) is 6.07 Å². The highest BCUT2D eigenvalue weighted by atomic mass is 16.1. The number of amides is 1. The molecule has 8 nitrogen and oxygen atoms in total. The van der Waals surface area contributed by atoms with Gasteiger partial charge in [-0.15, -0.1) is 10.2 Å². The lowest BCUT2D eigenvalue weighted by molar-refractivity contribution is 0.0996. The number of benzene rings is 2. The lowest BCUT2D eigenvalue weighted by atomic mass is 10.1. The van der Waals surface area contributed by atoms with Crippen LogP contribution in [0.5, 0.6) is 0 Å². The van der Waals surface area contributed by atoms with Gasteiger partial charge in [0.05, 0.1) is 16.7 Å². The molecule has 1 amide bonds. The van der Waals surface area contributed by atoms with E-state index in [-0.39, 0.29) is 11.5 Å². The van der Waals surface area contributed by atoms with Crippen molar-refractivity contribution in [1.82, 2.24) is 25.1 Å². The summed E-state index contributed by atoms with van der Waals surface area (Å²) in [5.74, 6) is 0.230. The molecule has 2 aromatic carbocycles. The fraction of sp³-hybridized carbons (Fsp3) is 0. The first-order valence-electron chi connectivity index (χ1n) is 7.51. The van der Waals surface area contributed by atoms with Crippen LogP contribution < -0.4 is 11.1 Å². The van der Waals surface area contributed by atoms with Crippen LogP contribution in [0.25, 0.3) is 22.4 Å². The number of aromatic nitrogens is 5. The second-order valence-corrected chi connectivity index (χ2v) is 5.28. The second kappa shape index (κ2) is 6.00. The highest BCUT2D eigenvalue weighted by Crippen LogP contribution is 2.28. The Bertz CT molecular complexity index is 1060. The first-order valence-corrected chi connectivity index (χ1v) is 7.51. The molecule has 0 aliphatic heterocycles. The van der Waals surface area contributed by atoms with Crippen LogP contribution in [-0.4, -0.2) is 31.1 Å². The molecule has 4 aromatic rings. The number of carbonyl (C=O) groups excluding carboxylic acids is 1. The Balaban J connectivity index is 1.84. The van der Waals surface area contributed by atoms with Gasteiger partial charge in [-0.2, -0.15) is 0 Å². The molecule has 4 rings (SSSR count). The van der Waals surface area contributed by atoms with Crippen LogP contribution in [0.3, 0.4) is 0 Å². The molecule has 122 valence electrons. The zero-order valence-electron chi connectivity index (χ0n) is 13.0. The minimum atomic E-state index is -0.655. The van der Waals surface area contributed by atoms with E-state index in [1.807, 2.05) is 42.5 Å². The summed E-state index contributed by atoms with van der Waals surface area (Å²) in [5, 5.41) is 11.0. The summed E-state index contributed by atoms with van der Waals surface area (Å²) in [7, 11) is 0. The van der Waals surface area contributed by atoms with Gasteiger partial charge < -0.3 is 16.0 Å². The van der Waals surface area contributed by atoms with Crippen LogP contribution in [0.1, 0.15) is 10.5 Å². The van der Waals surface area contributed by atoms with Crippen molar-refractivity contribution in [3.05, 3.63) is 60.6 Å². The maximum absolute atomic E-state index is 11.8. The zero-order chi connectivity index (χ0) is 17.2. The minimum Gasteiger partial charge on any atom is -0.364 e. The Morgan fingerprint density at radius 2 is 1.72 bits per heavy atom. The summed E-state index contributed by atoms with van der Waals surface area (Å²) in [6.07, 6.45) is 1.50. The third kappa shape index (κ3) is 2.76. The molecule has 2 aromatic heterocycles. The molecule has 0 radical (unpaired) electrons. The largest absolute Gasteiger partial charge is 0.364 e. The fourth-order valence-electron chi connectivity index (χ4n) is 2.52. The summed E-state index contributed by atoms with van der Waals surface area (Å²) in [6, 6.07) is 14.7. The molecule has 0 saturated heterocycles. The first kappa shape index (κ1) is 14.8. The molecule has 0 saturated carbocycles. The second-order valence-electron chi connectivity index (χ2n) is 5.28. The van der Waals surface area contributed by atoms with Crippen molar-refractivity contribution in [1.29, 1.82) is 0 Å². The van der Waals surface area contributed by atoms with Gasteiger partial charge in [0.15, 0.2) is 17.3 Å². The minimum absolute atomic E-state index is 0.0751. The van der Waals surface area contributed by atoms with Crippen LogP contribution in [-0.2, 0) is 0 Å². The molecule has 0 atom stereocenters. The summed E-state index contributed by atoms with van der Waals surface area (Å²) < 4.78 is 0. The van der Waals surface area contributed by atoms with E-state index in [1.165, 1.54) is 6.33 Å². The number of carbonyl (C=O) groups is 1. The van der Waals surface area contributed by atoms with Gasteiger partial charge in [-0.05, 0) is 24.3 Å². The summed E-state index contributed by atoms with van der Waals surface area (Å²) in [5.41, 5.74) is 8.30. The van der Waals surface area contributed by atoms with Gasteiger partial charge in [-0.1, -0.05) is 24.3 Å². The van der Waals surface area contributed by atoms with E-state index in [4.69, 9.17) is 5.73 Å². The quantitative estimate of drug-likeness (QED) is 0.527. The molecule has 0 spiro atoms. The van der Waals surface area contributed by atoms with Crippen LogP contribution in [0.4, 0.5) is 11.5 Å². The molecule has 0 aliphatic carbocycles. The zero-order valence-corrected chi connectivity index (χ0v) is 13.0. The van der Waals surface area contributed by atoms with Gasteiger partial charge in [0.2, 0.25) is 0 Å². The number of nitrogens with two attached hydrogens (primary N) is 1. The topological polar surface area (TPSA) is 122 Å². The number of rotatable bonds is 4. The van der Waals surface area contributed by atoms with Gasteiger partial charge in [-0.25, -0.2) is 9.97 Å². The van der Waals surface area contributed by atoms with E-state index in [0.29, 0.717) is 22.5 Å². The molecule has 4 N–H and O–H groups in total. The number of aromatic amines is 1. The summed E-state index contributed by atoms with van der Waals surface area (Å²) in [6.45, 7) is 0. The Morgan fingerprint density at radius 3 is 2.44 bits per heavy atom. The summed E-state index contributed by atoms with van der Waals surface area (Å²) in [4.78, 5) is 23.6. The molecule has 0 aliphatic rings. The molecule has 0 unspecified atom stereocenters.